The van der Waals surface area contributed by atoms with Crippen LogP contribution in [-0.4, -0.2) is 17.6 Å². The van der Waals surface area contributed by atoms with Crippen LogP contribution in [0.4, 0.5) is 0 Å². The van der Waals surface area contributed by atoms with E-state index < -0.39 is 0 Å². The number of aromatic nitrogens is 1. The minimum Gasteiger partial charge on any atom is -0.483 e. The number of fused-ring (bicyclic) bond motifs is 1. The molecule has 0 fully saturated rings. The van der Waals surface area contributed by atoms with Crippen molar-refractivity contribution in [2.24, 2.45) is 0 Å². The molecular weight excluding hydrogens is 256 g/mol. The Labute approximate surface area is 117 Å². The van der Waals surface area contributed by atoms with Gasteiger partial charge in [0.25, 0.3) is 0 Å². The summed E-state index contributed by atoms with van der Waals surface area (Å²) in [5, 5.41) is 3.01. The fourth-order valence-corrected chi connectivity index (χ4v) is 2.36. The smallest absolute Gasteiger partial charge is 0.399 e. The third-order valence-corrected chi connectivity index (χ3v) is 3.14. The van der Waals surface area contributed by atoms with Crippen LogP contribution >= 0.6 is 0 Å². The summed E-state index contributed by atoms with van der Waals surface area (Å²) in [6.07, 6.45) is 2.69. The first-order valence-corrected chi connectivity index (χ1v) is 6.65. The minimum atomic E-state index is -0.199. The van der Waals surface area contributed by atoms with Crippen LogP contribution in [0.3, 0.4) is 0 Å². The molecule has 0 spiro atoms. The normalized spacial score (nSPS) is 15.8. The van der Waals surface area contributed by atoms with E-state index in [1.165, 1.54) is 0 Å². The lowest BCUT2D eigenvalue weighted by atomic mass is 10.0. The summed E-state index contributed by atoms with van der Waals surface area (Å²) >= 11 is 0. The van der Waals surface area contributed by atoms with Gasteiger partial charge in [-0.25, -0.2) is 0 Å². The fraction of sp³-hybridized carbons (Fsp3) is 0.400. The van der Waals surface area contributed by atoms with E-state index in [-0.39, 0.29) is 11.7 Å². The largest absolute Gasteiger partial charge is 0.483 e. The first kappa shape index (κ1) is 13.0. The Hall–Kier alpha value is -2.01. The molecule has 1 aromatic carbocycles. The van der Waals surface area contributed by atoms with E-state index in [9.17, 15) is 0 Å². The van der Waals surface area contributed by atoms with Gasteiger partial charge in [-0.3, -0.25) is 0 Å². The maximum absolute atomic E-state index is 5.95. The molecule has 0 bridgehead atoms. The Morgan fingerprint density at radius 3 is 3.05 bits per heavy atom. The molecule has 1 N–H and O–H groups in total. The summed E-state index contributed by atoms with van der Waals surface area (Å²) in [7, 11) is 1.86. The van der Waals surface area contributed by atoms with Crippen LogP contribution in [0.1, 0.15) is 25.1 Å². The van der Waals surface area contributed by atoms with Gasteiger partial charge in [0.1, 0.15) is 11.9 Å². The summed E-state index contributed by atoms with van der Waals surface area (Å²) in [6.45, 7) is 4.77. The van der Waals surface area contributed by atoms with Crippen LogP contribution in [0.5, 0.6) is 17.6 Å². The van der Waals surface area contributed by atoms with E-state index >= 15 is 0 Å². The highest BCUT2D eigenvalue weighted by Gasteiger charge is 2.32. The number of rotatable bonds is 4. The van der Waals surface area contributed by atoms with Crippen molar-refractivity contribution < 1.29 is 13.9 Å². The summed E-state index contributed by atoms with van der Waals surface area (Å²) in [6, 6.07) is 5.87. The average molecular weight is 274 g/mol. The molecule has 0 radical (unpaired) electrons. The predicted molar refractivity (Wildman–Crippen MR) is 74.2 cm³/mol. The lowest BCUT2D eigenvalue weighted by Crippen LogP contribution is -2.24. The van der Waals surface area contributed by atoms with Gasteiger partial charge in [-0.15, -0.1) is 0 Å². The molecule has 0 atom stereocenters. The third kappa shape index (κ3) is 2.49. The van der Waals surface area contributed by atoms with Gasteiger partial charge in [-0.1, -0.05) is 12.1 Å². The highest BCUT2D eigenvalue weighted by Crippen LogP contribution is 2.43. The molecule has 2 aromatic rings. The van der Waals surface area contributed by atoms with Gasteiger partial charge in [0.05, 0.1) is 5.69 Å². The monoisotopic (exact) mass is 274 g/mol. The number of ether oxygens (including phenoxy) is 2. The molecule has 0 amide bonds. The highest BCUT2D eigenvalue weighted by atomic mass is 16.6. The zero-order valence-electron chi connectivity index (χ0n) is 11.9. The quantitative estimate of drug-likeness (QED) is 0.929. The van der Waals surface area contributed by atoms with Gasteiger partial charge >= 0.3 is 6.08 Å². The van der Waals surface area contributed by atoms with E-state index in [4.69, 9.17) is 13.9 Å². The Morgan fingerprint density at radius 1 is 1.40 bits per heavy atom. The van der Waals surface area contributed by atoms with Crippen molar-refractivity contribution in [2.75, 3.05) is 7.05 Å². The van der Waals surface area contributed by atoms with E-state index in [1.54, 1.807) is 6.26 Å². The number of hydrogen-bond acceptors (Lipinski definition) is 5. The number of benzene rings is 1. The lowest BCUT2D eigenvalue weighted by molar-refractivity contribution is 0.133. The van der Waals surface area contributed by atoms with Crippen molar-refractivity contribution in [3.8, 4) is 17.6 Å². The lowest BCUT2D eigenvalue weighted by Gasteiger charge is -2.17. The average Bonchev–Trinajstić information content (AvgIpc) is 2.93. The zero-order valence-corrected chi connectivity index (χ0v) is 11.9. The van der Waals surface area contributed by atoms with Crippen LogP contribution in [0.25, 0.3) is 0 Å². The van der Waals surface area contributed by atoms with Crippen LogP contribution in [0.2, 0.25) is 0 Å². The van der Waals surface area contributed by atoms with Gasteiger partial charge < -0.3 is 19.2 Å². The first-order valence-electron chi connectivity index (χ1n) is 6.65. The van der Waals surface area contributed by atoms with Gasteiger partial charge in [0.15, 0.2) is 11.5 Å². The molecule has 0 saturated heterocycles. The molecule has 0 aliphatic carbocycles. The maximum Gasteiger partial charge on any atom is 0.399 e. The summed E-state index contributed by atoms with van der Waals surface area (Å²) in [4.78, 5) is 4.25. The topological polar surface area (TPSA) is 56.5 Å². The molecule has 5 heteroatoms. The van der Waals surface area contributed by atoms with E-state index in [1.807, 2.05) is 19.2 Å². The van der Waals surface area contributed by atoms with Crippen molar-refractivity contribution in [3.63, 3.8) is 0 Å². The summed E-state index contributed by atoms with van der Waals surface area (Å²) in [5.41, 5.74) is 1.75. The fourth-order valence-electron chi connectivity index (χ4n) is 2.36. The number of hydrogen-bond donors (Lipinski definition) is 1. The molecule has 0 unspecified atom stereocenters. The van der Waals surface area contributed by atoms with E-state index in [0.29, 0.717) is 12.3 Å². The molecule has 2 heterocycles. The van der Waals surface area contributed by atoms with Crippen LogP contribution in [0, 0.1) is 0 Å². The van der Waals surface area contributed by atoms with Crippen molar-refractivity contribution in [2.45, 2.75) is 32.4 Å². The molecule has 1 aromatic heterocycles. The van der Waals surface area contributed by atoms with E-state index in [0.717, 1.165) is 23.4 Å². The molecule has 20 heavy (non-hydrogen) atoms. The van der Waals surface area contributed by atoms with Gasteiger partial charge in [0, 0.05) is 18.5 Å². The number of para-hydroxylation sites is 1. The Morgan fingerprint density at radius 2 is 2.25 bits per heavy atom. The summed E-state index contributed by atoms with van der Waals surface area (Å²) < 4.78 is 17.0. The van der Waals surface area contributed by atoms with E-state index in [2.05, 4.69) is 30.2 Å². The maximum atomic E-state index is 5.95. The van der Waals surface area contributed by atoms with Crippen molar-refractivity contribution in [1.29, 1.82) is 0 Å². The highest BCUT2D eigenvalue weighted by molar-refractivity contribution is 5.50. The molecule has 1 aliphatic rings. The molecule has 106 valence electrons. The van der Waals surface area contributed by atoms with Gasteiger partial charge in [-0.2, -0.15) is 4.98 Å². The zero-order chi connectivity index (χ0) is 14.2. The van der Waals surface area contributed by atoms with Crippen molar-refractivity contribution in [1.82, 2.24) is 10.3 Å². The van der Waals surface area contributed by atoms with Crippen molar-refractivity contribution >= 4 is 0 Å². The van der Waals surface area contributed by atoms with Gasteiger partial charge in [-0.05, 0) is 27.0 Å². The number of oxazole rings is 1. The third-order valence-electron chi connectivity index (χ3n) is 3.14. The molecule has 5 nitrogen and oxygen atoms in total. The molecular formula is C15H18N2O3. The Balaban J connectivity index is 1.83. The Bertz CT molecular complexity index is 619. The first-order chi connectivity index (χ1) is 9.57. The Kier molecular flexibility index (Phi) is 3.14. The van der Waals surface area contributed by atoms with Crippen molar-refractivity contribution in [3.05, 3.63) is 35.7 Å². The van der Waals surface area contributed by atoms with Crippen LogP contribution in [0.15, 0.2) is 28.9 Å². The van der Waals surface area contributed by atoms with Gasteiger partial charge in [0.2, 0.25) is 0 Å². The number of nitrogens with one attached hydrogen (secondary N) is 1. The SMILES string of the molecule is CNCc1coc(Oc2cccc3c2OC(C)(C)C3)n1. The second kappa shape index (κ2) is 4.83. The van der Waals surface area contributed by atoms with Crippen LogP contribution in [-0.2, 0) is 13.0 Å². The second-order valence-electron chi connectivity index (χ2n) is 5.52. The molecule has 3 rings (SSSR count). The second-order valence-corrected chi connectivity index (χ2v) is 5.52. The minimum absolute atomic E-state index is 0.199. The summed E-state index contributed by atoms with van der Waals surface area (Å²) in [5.74, 6) is 1.43. The predicted octanol–water partition coefficient (Wildman–Crippen LogP) is 2.90. The molecule has 1 aliphatic heterocycles. The van der Waals surface area contributed by atoms with Crippen LogP contribution < -0.4 is 14.8 Å². The molecule has 0 saturated carbocycles. The standard InChI is InChI=1S/C15H18N2O3/c1-15(2)7-10-5-4-6-12(13(10)20-15)19-14-17-11(8-16-3)9-18-14/h4-6,9,16H,7-8H2,1-3H3. The number of nitrogens with zero attached hydrogens (tertiary/aromatic N) is 1.